The summed E-state index contributed by atoms with van der Waals surface area (Å²) in [6.07, 6.45) is 1.66. The molecule has 0 aliphatic rings. The number of sulfonamides is 1. The number of hydrogen-bond donors (Lipinski definition) is 1. The summed E-state index contributed by atoms with van der Waals surface area (Å²) in [6, 6.07) is 13.5. The molecule has 2 amide bonds. The number of rotatable bonds is 14. The van der Waals surface area contributed by atoms with Gasteiger partial charge in [0.1, 0.15) is 12.6 Å². The van der Waals surface area contributed by atoms with Gasteiger partial charge in [-0.05, 0) is 80.3 Å². The van der Waals surface area contributed by atoms with Crippen molar-refractivity contribution in [2.45, 2.75) is 58.0 Å². The highest BCUT2D eigenvalue weighted by molar-refractivity contribution is 7.92. The van der Waals surface area contributed by atoms with Crippen molar-refractivity contribution in [1.82, 2.24) is 10.2 Å². The van der Waals surface area contributed by atoms with E-state index in [1.807, 2.05) is 26.8 Å². The number of amides is 2. The fourth-order valence-corrected chi connectivity index (χ4v) is 6.56. The minimum atomic E-state index is -4.32. The number of nitrogens with one attached hydrogen (secondary N) is 1. The Bertz CT molecular complexity index is 1580. The standard InChI is InChI=1S/C32H39Cl2N3O6S/c1-7-8-13-35-32(39)23(4)36(19-24-9-10-25(33)17-28(24)34)31(38)20-37(26-15-21(2)14-22(3)16-26)44(40,41)27-11-12-29(42-5)30(18-27)43-6/h9-12,14-18,23H,7-8,13,19-20H2,1-6H3,(H,35,39)/t23-/m1/s1. The van der Waals surface area contributed by atoms with Crippen LogP contribution in [0.1, 0.15) is 43.4 Å². The summed E-state index contributed by atoms with van der Waals surface area (Å²) >= 11 is 12.5. The van der Waals surface area contributed by atoms with Gasteiger partial charge in [-0.25, -0.2) is 8.42 Å². The third-order valence-corrected chi connectivity index (χ3v) is 9.43. The Morgan fingerprint density at radius 1 is 0.932 bits per heavy atom. The molecule has 0 aliphatic heterocycles. The average molecular weight is 665 g/mol. The van der Waals surface area contributed by atoms with Crippen LogP contribution in [0.15, 0.2) is 59.5 Å². The number of ether oxygens (including phenoxy) is 2. The predicted molar refractivity (Wildman–Crippen MR) is 174 cm³/mol. The zero-order chi connectivity index (χ0) is 32.6. The summed E-state index contributed by atoms with van der Waals surface area (Å²) in [5.74, 6) is -0.388. The predicted octanol–water partition coefficient (Wildman–Crippen LogP) is 6.16. The molecule has 12 heteroatoms. The number of carbonyl (C=O) groups is 2. The molecule has 0 unspecified atom stereocenters. The van der Waals surface area contributed by atoms with Gasteiger partial charge in [-0.15, -0.1) is 0 Å². The lowest BCUT2D eigenvalue weighted by atomic mass is 10.1. The SMILES string of the molecule is CCCCNC(=O)[C@@H](C)N(Cc1ccc(Cl)cc1Cl)C(=O)CN(c1cc(C)cc(C)c1)S(=O)(=O)c1ccc(OC)c(OC)c1. The maximum Gasteiger partial charge on any atom is 0.264 e. The van der Waals surface area contributed by atoms with E-state index in [2.05, 4.69) is 5.32 Å². The molecular weight excluding hydrogens is 625 g/mol. The molecule has 0 radical (unpaired) electrons. The normalized spacial score (nSPS) is 11.9. The maximum absolute atomic E-state index is 14.3. The first kappa shape index (κ1) is 35.0. The second-order valence-corrected chi connectivity index (χ2v) is 13.2. The van der Waals surface area contributed by atoms with Gasteiger partial charge in [-0.2, -0.15) is 0 Å². The summed E-state index contributed by atoms with van der Waals surface area (Å²) in [6.45, 7) is 7.12. The number of halogens is 2. The molecule has 0 aromatic heterocycles. The van der Waals surface area contributed by atoms with Crippen LogP contribution in [0.2, 0.25) is 10.0 Å². The third kappa shape index (κ3) is 8.58. The van der Waals surface area contributed by atoms with Gasteiger partial charge in [0.15, 0.2) is 11.5 Å². The Morgan fingerprint density at radius 3 is 2.18 bits per heavy atom. The molecule has 0 spiro atoms. The van der Waals surface area contributed by atoms with Gasteiger partial charge in [0, 0.05) is 29.2 Å². The van der Waals surface area contributed by atoms with E-state index in [0.717, 1.165) is 28.3 Å². The molecule has 3 aromatic rings. The Labute approximate surface area is 270 Å². The van der Waals surface area contributed by atoms with Crippen LogP contribution in [0.3, 0.4) is 0 Å². The highest BCUT2D eigenvalue weighted by Crippen LogP contribution is 2.33. The molecule has 3 rings (SSSR count). The van der Waals surface area contributed by atoms with E-state index >= 15 is 0 Å². The molecule has 0 fully saturated rings. The van der Waals surface area contributed by atoms with Crippen molar-refractivity contribution in [2.75, 3.05) is 31.6 Å². The van der Waals surface area contributed by atoms with Crippen LogP contribution in [0, 0.1) is 13.8 Å². The first-order valence-electron chi connectivity index (χ1n) is 14.2. The van der Waals surface area contributed by atoms with Gasteiger partial charge in [0.25, 0.3) is 10.0 Å². The van der Waals surface area contributed by atoms with E-state index in [4.69, 9.17) is 32.7 Å². The van der Waals surface area contributed by atoms with Crippen molar-refractivity contribution in [3.63, 3.8) is 0 Å². The number of carbonyl (C=O) groups excluding carboxylic acids is 2. The van der Waals surface area contributed by atoms with Crippen molar-refractivity contribution >= 4 is 50.7 Å². The number of methoxy groups -OCH3 is 2. The minimum absolute atomic E-state index is 0.0473. The molecule has 1 atom stereocenters. The number of aryl methyl sites for hydroxylation is 2. The number of nitrogens with zero attached hydrogens (tertiary/aromatic N) is 2. The van der Waals surface area contributed by atoms with E-state index < -0.39 is 28.5 Å². The van der Waals surface area contributed by atoms with Crippen LogP contribution < -0.4 is 19.1 Å². The Hall–Kier alpha value is -3.47. The fraction of sp³-hybridized carbons (Fsp3) is 0.375. The molecule has 1 N–H and O–H groups in total. The van der Waals surface area contributed by atoms with Gasteiger partial charge in [-0.3, -0.25) is 13.9 Å². The van der Waals surface area contributed by atoms with Gasteiger partial charge >= 0.3 is 0 Å². The van der Waals surface area contributed by atoms with Gasteiger partial charge < -0.3 is 19.7 Å². The number of unbranched alkanes of at least 4 members (excludes halogenated alkanes) is 1. The third-order valence-electron chi connectivity index (χ3n) is 7.07. The molecule has 0 saturated carbocycles. The fourth-order valence-electron chi connectivity index (χ4n) is 4.68. The summed E-state index contributed by atoms with van der Waals surface area (Å²) in [4.78, 5) is 28.6. The monoisotopic (exact) mass is 663 g/mol. The summed E-state index contributed by atoms with van der Waals surface area (Å²) < 4.78 is 40.2. The molecule has 0 aliphatic carbocycles. The zero-order valence-corrected chi connectivity index (χ0v) is 28.1. The van der Waals surface area contributed by atoms with Gasteiger partial charge in [-0.1, -0.05) is 48.7 Å². The van der Waals surface area contributed by atoms with E-state index in [1.165, 1.54) is 37.3 Å². The van der Waals surface area contributed by atoms with Gasteiger partial charge in [0.05, 0.1) is 24.8 Å². The lowest BCUT2D eigenvalue weighted by Crippen LogP contribution is -2.51. The smallest absolute Gasteiger partial charge is 0.264 e. The summed E-state index contributed by atoms with van der Waals surface area (Å²) in [5, 5.41) is 3.60. The molecular formula is C32H39Cl2N3O6S. The van der Waals surface area contributed by atoms with E-state index in [-0.39, 0.29) is 23.1 Å². The van der Waals surface area contributed by atoms with Crippen LogP contribution >= 0.6 is 23.2 Å². The first-order valence-corrected chi connectivity index (χ1v) is 16.4. The van der Waals surface area contributed by atoms with Crippen LogP contribution in [-0.2, 0) is 26.2 Å². The Morgan fingerprint density at radius 2 is 1.59 bits per heavy atom. The average Bonchev–Trinajstić information content (AvgIpc) is 2.98. The summed E-state index contributed by atoms with van der Waals surface area (Å²) in [7, 11) is -1.46. The van der Waals surface area contributed by atoms with E-state index in [0.29, 0.717) is 33.6 Å². The van der Waals surface area contributed by atoms with Crippen molar-refractivity contribution in [1.29, 1.82) is 0 Å². The Balaban J connectivity index is 2.10. The molecule has 0 saturated heterocycles. The second-order valence-electron chi connectivity index (χ2n) is 10.5. The van der Waals surface area contributed by atoms with Crippen LogP contribution in [0.5, 0.6) is 11.5 Å². The highest BCUT2D eigenvalue weighted by Gasteiger charge is 2.33. The topological polar surface area (TPSA) is 105 Å². The minimum Gasteiger partial charge on any atom is -0.493 e. The van der Waals surface area contributed by atoms with Crippen molar-refractivity contribution in [2.24, 2.45) is 0 Å². The molecule has 3 aromatic carbocycles. The van der Waals surface area contributed by atoms with Gasteiger partial charge in [0.2, 0.25) is 11.8 Å². The van der Waals surface area contributed by atoms with Crippen molar-refractivity contribution in [3.05, 3.63) is 81.3 Å². The van der Waals surface area contributed by atoms with E-state index in [9.17, 15) is 18.0 Å². The zero-order valence-electron chi connectivity index (χ0n) is 25.8. The van der Waals surface area contributed by atoms with Crippen LogP contribution in [-0.4, -0.2) is 58.5 Å². The van der Waals surface area contributed by atoms with Crippen LogP contribution in [0.25, 0.3) is 0 Å². The second kappa shape index (κ2) is 15.5. The largest absolute Gasteiger partial charge is 0.493 e. The quantitative estimate of drug-likeness (QED) is 0.207. The molecule has 44 heavy (non-hydrogen) atoms. The van der Waals surface area contributed by atoms with E-state index in [1.54, 1.807) is 37.3 Å². The number of benzene rings is 3. The Kier molecular flexibility index (Phi) is 12.3. The maximum atomic E-state index is 14.3. The molecule has 0 bridgehead atoms. The van der Waals surface area contributed by atoms with Crippen LogP contribution in [0.4, 0.5) is 5.69 Å². The number of hydrogen-bond acceptors (Lipinski definition) is 6. The summed E-state index contributed by atoms with van der Waals surface area (Å²) in [5.41, 5.74) is 2.48. The highest BCUT2D eigenvalue weighted by atomic mass is 35.5. The lowest BCUT2D eigenvalue weighted by Gasteiger charge is -2.32. The van der Waals surface area contributed by atoms with Crippen molar-refractivity contribution in [3.8, 4) is 11.5 Å². The molecule has 238 valence electrons. The lowest BCUT2D eigenvalue weighted by molar-refractivity contribution is -0.139. The first-order chi connectivity index (χ1) is 20.8. The van der Waals surface area contributed by atoms with Crippen molar-refractivity contribution < 1.29 is 27.5 Å². The number of anilines is 1. The molecule has 0 heterocycles. The molecule has 9 nitrogen and oxygen atoms in total.